The smallest absolute Gasteiger partial charge is 0.321 e. The number of para-hydroxylation sites is 3. The summed E-state index contributed by atoms with van der Waals surface area (Å²) >= 11 is 0. The van der Waals surface area contributed by atoms with Gasteiger partial charge in [0.25, 0.3) is 0 Å². The highest BCUT2D eigenvalue weighted by molar-refractivity contribution is 5.90. The molecular weight excluding hydrogens is 326 g/mol. The Morgan fingerprint density at radius 1 is 1.00 bits per heavy atom. The topological polar surface area (TPSA) is 44.8 Å². The van der Waals surface area contributed by atoms with Crippen LogP contribution < -0.4 is 15.0 Å². The van der Waals surface area contributed by atoms with Crippen LogP contribution in [-0.2, 0) is 6.42 Å². The second kappa shape index (κ2) is 8.61. The molecule has 1 fully saturated rings. The third-order valence-electron chi connectivity index (χ3n) is 4.71. The first kappa shape index (κ1) is 18.1. The number of nitrogens with one attached hydrogen (secondary N) is 1. The molecule has 0 saturated carbocycles. The molecule has 5 heteroatoms. The fourth-order valence-corrected chi connectivity index (χ4v) is 3.29. The lowest BCUT2D eigenvalue weighted by molar-refractivity contribution is 0.208. The summed E-state index contributed by atoms with van der Waals surface area (Å²) in [6.07, 6.45) is 0.901. The molecule has 2 amide bonds. The molecule has 2 aromatic rings. The second-order valence-electron chi connectivity index (χ2n) is 6.32. The van der Waals surface area contributed by atoms with Crippen LogP contribution in [0.3, 0.4) is 0 Å². The predicted molar refractivity (Wildman–Crippen MR) is 106 cm³/mol. The molecule has 1 aliphatic heterocycles. The Balaban J connectivity index is 1.61. The maximum absolute atomic E-state index is 12.6. The van der Waals surface area contributed by atoms with E-state index in [4.69, 9.17) is 4.74 Å². The van der Waals surface area contributed by atoms with Crippen LogP contribution in [0.5, 0.6) is 5.75 Å². The number of nitrogens with zero attached hydrogens (tertiary/aromatic N) is 2. The van der Waals surface area contributed by atoms with E-state index >= 15 is 0 Å². The molecule has 1 aliphatic rings. The van der Waals surface area contributed by atoms with Crippen LogP contribution in [0.2, 0.25) is 0 Å². The number of urea groups is 1. The highest BCUT2D eigenvalue weighted by Crippen LogP contribution is 2.29. The third-order valence-corrected chi connectivity index (χ3v) is 4.71. The third kappa shape index (κ3) is 4.10. The van der Waals surface area contributed by atoms with Crippen molar-refractivity contribution < 1.29 is 9.53 Å². The molecule has 0 atom stereocenters. The van der Waals surface area contributed by atoms with Gasteiger partial charge in [0.2, 0.25) is 0 Å². The van der Waals surface area contributed by atoms with Crippen LogP contribution >= 0.6 is 0 Å². The normalized spacial score (nSPS) is 14.2. The van der Waals surface area contributed by atoms with E-state index < -0.39 is 0 Å². The Morgan fingerprint density at radius 3 is 2.42 bits per heavy atom. The molecule has 0 radical (unpaired) electrons. The number of rotatable bonds is 5. The number of ether oxygens (including phenoxy) is 1. The Bertz CT molecular complexity index is 740. The first-order valence-electron chi connectivity index (χ1n) is 9.33. The first-order valence-corrected chi connectivity index (χ1v) is 9.33. The van der Waals surface area contributed by atoms with Crippen LogP contribution in [0.4, 0.5) is 16.2 Å². The number of amides is 2. The molecule has 0 aliphatic carbocycles. The summed E-state index contributed by atoms with van der Waals surface area (Å²) < 4.78 is 5.73. The van der Waals surface area contributed by atoms with Gasteiger partial charge >= 0.3 is 6.03 Å². The van der Waals surface area contributed by atoms with Crippen molar-refractivity contribution in [2.75, 3.05) is 43.0 Å². The SMILES string of the molecule is CCOc1ccccc1N1CCN(C(=O)Nc2ccccc2CC)CC1. The summed E-state index contributed by atoms with van der Waals surface area (Å²) in [7, 11) is 0. The molecule has 1 heterocycles. The van der Waals surface area contributed by atoms with E-state index in [0.717, 1.165) is 42.2 Å². The monoisotopic (exact) mass is 353 g/mol. The number of carbonyl (C=O) groups is 1. The van der Waals surface area contributed by atoms with Crippen LogP contribution in [0.1, 0.15) is 19.4 Å². The van der Waals surface area contributed by atoms with Gasteiger partial charge in [-0.25, -0.2) is 4.79 Å². The highest BCUT2D eigenvalue weighted by atomic mass is 16.5. The molecule has 0 bridgehead atoms. The molecule has 5 nitrogen and oxygen atoms in total. The quantitative estimate of drug-likeness (QED) is 0.884. The summed E-state index contributed by atoms with van der Waals surface area (Å²) in [4.78, 5) is 16.8. The Morgan fingerprint density at radius 2 is 1.69 bits per heavy atom. The minimum Gasteiger partial charge on any atom is -0.492 e. The van der Waals surface area contributed by atoms with Gasteiger partial charge in [-0.05, 0) is 37.1 Å². The van der Waals surface area contributed by atoms with Crippen molar-refractivity contribution in [3.8, 4) is 5.75 Å². The number of piperazine rings is 1. The number of hydrogen-bond donors (Lipinski definition) is 1. The van der Waals surface area contributed by atoms with Gasteiger partial charge in [-0.1, -0.05) is 37.3 Å². The summed E-state index contributed by atoms with van der Waals surface area (Å²) in [6, 6.07) is 16.0. The molecule has 1 saturated heterocycles. The Labute approximate surface area is 155 Å². The molecule has 138 valence electrons. The number of benzene rings is 2. The molecule has 26 heavy (non-hydrogen) atoms. The first-order chi connectivity index (χ1) is 12.7. The van der Waals surface area contributed by atoms with Gasteiger partial charge < -0.3 is 19.9 Å². The summed E-state index contributed by atoms with van der Waals surface area (Å²) in [5, 5.41) is 3.06. The summed E-state index contributed by atoms with van der Waals surface area (Å²) in [5.41, 5.74) is 3.17. The lowest BCUT2D eigenvalue weighted by Gasteiger charge is -2.36. The highest BCUT2D eigenvalue weighted by Gasteiger charge is 2.23. The largest absolute Gasteiger partial charge is 0.492 e. The zero-order valence-electron chi connectivity index (χ0n) is 15.6. The molecule has 1 N–H and O–H groups in total. The molecule has 0 unspecified atom stereocenters. The van der Waals surface area contributed by atoms with E-state index in [-0.39, 0.29) is 6.03 Å². The van der Waals surface area contributed by atoms with Crippen molar-refractivity contribution in [1.82, 2.24) is 4.90 Å². The average molecular weight is 353 g/mol. The minimum absolute atomic E-state index is 0.0244. The van der Waals surface area contributed by atoms with Gasteiger partial charge in [-0.3, -0.25) is 0 Å². The van der Waals surface area contributed by atoms with Gasteiger partial charge in [-0.15, -0.1) is 0 Å². The van der Waals surface area contributed by atoms with E-state index in [2.05, 4.69) is 29.3 Å². The maximum Gasteiger partial charge on any atom is 0.321 e. The fourth-order valence-electron chi connectivity index (χ4n) is 3.29. The fraction of sp³-hybridized carbons (Fsp3) is 0.381. The molecule has 3 rings (SSSR count). The van der Waals surface area contributed by atoms with E-state index in [1.807, 2.05) is 48.2 Å². The predicted octanol–water partition coefficient (Wildman–Crippen LogP) is 4.00. The molecule has 2 aromatic carbocycles. The summed E-state index contributed by atoms with van der Waals surface area (Å²) in [5.74, 6) is 0.907. The van der Waals surface area contributed by atoms with E-state index in [1.165, 1.54) is 0 Å². The number of hydrogen-bond acceptors (Lipinski definition) is 3. The number of carbonyl (C=O) groups excluding carboxylic acids is 1. The molecule has 0 aromatic heterocycles. The summed E-state index contributed by atoms with van der Waals surface area (Å²) in [6.45, 7) is 7.73. The average Bonchev–Trinajstić information content (AvgIpc) is 2.69. The van der Waals surface area contributed by atoms with E-state index in [9.17, 15) is 4.79 Å². The van der Waals surface area contributed by atoms with Crippen molar-refractivity contribution in [2.45, 2.75) is 20.3 Å². The molecule has 0 spiro atoms. The zero-order chi connectivity index (χ0) is 18.4. The van der Waals surface area contributed by atoms with Crippen molar-refractivity contribution in [3.63, 3.8) is 0 Å². The van der Waals surface area contributed by atoms with Crippen molar-refractivity contribution in [3.05, 3.63) is 54.1 Å². The standard InChI is InChI=1S/C21H27N3O2/c1-3-17-9-5-6-10-18(17)22-21(25)24-15-13-23(14-16-24)19-11-7-8-12-20(19)26-4-2/h5-12H,3-4,13-16H2,1-2H3,(H,22,25). The van der Waals surface area contributed by atoms with Gasteiger partial charge in [0.1, 0.15) is 5.75 Å². The van der Waals surface area contributed by atoms with Crippen LogP contribution in [0.15, 0.2) is 48.5 Å². The number of anilines is 2. The van der Waals surface area contributed by atoms with Gasteiger partial charge in [0.15, 0.2) is 0 Å². The Kier molecular flexibility index (Phi) is 6.00. The zero-order valence-corrected chi connectivity index (χ0v) is 15.6. The lowest BCUT2D eigenvalue weighted by Crippen LogP contribution is -2.50. The number of aryl methyl sites for hydroxylation is 1. The van der Waals surface area contributed by atoms with Crippen LogP contribution in [0, 0.1) is 0 Å². The minimum atomic E-state index is -0.0244. The lowest BCUT2D eigenvalue weighted by atomic mass is 10.1. The van der Waals surface area contributed by atoms with Crippen molar-refractivity contribution >= 4 is 17.4 Å². The van der Waals surface area contributed by atoms with E-state index in [1.54, 1.807) is 0 Å². The van der Waals surface area contributed by atoms with Crippen LogP contribution in [-0.4, -0.2) is 43.7 Å². The second-order valence-corrected chi connectivity index (χ2v) is 6.32. The Hall–Kier alpha value is -2.69. The van der Waals surface area contributed by atoms with Gasteiger partial charge in [0, 0.05) is 31.9 Å². The van der Waals surface area contributed by atoms with Crippen LogP contribution in [0.25, 0.3) is 0 Å². The van der Waals surface area contributed by atoms with Crippen molar-refractivity contribution in [2.24, 2.45) is 0 Å². The van der Waals surface area contributed by atoms with Gasteiger partial charge in [-0.2, -0.15) is 0 Å². The maximum atomic E-state index is 12.6. The van der Waals surface area contributed by atoms with Gasteiger partial charge in [0.05, 0.1) is 12.3 Å². The van der Waals surface area contributed by atoms with Crippen molar-refractivity contribution in [1.29, 1.82) is 0 Å². The molecular formula is C21H27N3O2. The van der Waals surface area contributed by atoms with E-state index in [0.29, 0.717) is 19.7 Å².